The second-order valence-electron chi connectivity index (χ2n) is 9.58. The molecule has 3 atom stereocenters. The van der Waals surface area contributed by atoms with E-state index in [0.717, 1.165) is 11.0 Å². The topological polar surface area (TPSA) is 77.6 Å². The summed E-state index contributed by atoms with van der Waals surface area (Å²) in [5.41, 5.74) is 1.03. The van der Waals surface area contributed by atoms with E-state index in [-0.39, 0.29) is 22.9 Å². The fraction of sp³-hybridized carbons (Fsp3) is 0.444. The summed E-state index contributed by atoms with van der Waals surface area (Å²) in [4.78, 5) is 15.8. The molecular weight excluding hydrogens is 545 g/mol. The van der Waals surface area contributed by atoms with Crippen molar-refractivity contribution in [3.05, 3.63) is 64.1 Å². The SMILES string of the molecule is CC(CN1[C@H](c2c(F)ccc(OCCNCCCF)c2Cl)c2[nH]c3ccccc3c2C[C@H]1C(F)(F)F)C(=O)O. The fourth-order valence-corrected chi connectivity index (χ4v) is 5.34. The maximum Gasteiger partial charge on any atom is 0.404 e. The first-order valence-electron chi connectivity index (χ1n) is 12.6. The number of halogens is 6. The number of hydrogen-bond donors (Lipinski definition) is 3. The van der Waals surface area contributed by atoms with E-state index >= 15 is 4.39 Å². The fourth-order valence-electron chi connectivity index (χ4n) is 5.03. The highest BCUT2D eigenvalue weighted by molar-refractivity contribution is 6.33. The molecule has 2 heterocycles. The van der Waals surface area contributed by atoms with E-state index in [9.17, 15) is 27.5 Å². The van der Waals surface area contributed by atoms with E-state index in [1.165, 1.54) is 13.0 Å². The molecule has 39 heavy (non-hydrogen) atoms. The number of benzene rings is 2. The highest BCUT2D eigenvalue weighted by Gasteiger charge is 2.51. The van der Waals surface area contributed by atoms with Crippen molar-refractivity contribution in [1.29, 1.82) is 0 Å². The molecule has 0 saturated carbocycles. The van der Waals surface area contributed by atoms with Crippen LogP contribution in [0, 0.1) is 11.7 Å². The van der Waals surface area contributed by atoms with E-state index in [2.05, 4.69) is 10.3 Å². The summed E-state index contributed by atoms with van der Waals surface area (Å²) in [6.45, 7) is 1.22. The van der Waals surface area contributed by atoms with Crippen molar-refractivity contribution in [2.24, 2.45) is 5.92 Å². The Morgan fingerprint density at radius 2 is 2.00 bits per heavy atom. The van der Waals surface area contributed by atoms with Crippen molar-refractivity contribution >= 4 is 28.5 Å². The summed E-state index contributed by atoms with van der Waals surface area (Å²) >= 11 is 6.63. The highest BCUT2D eigenvalue weighted by Crippen LogP contribution is 2.48. The van der Waals surface area contributed by atoms with Crippen LogP contribution in [0.2, 0.25) is 5.02 Å². The molecule has 2 aromatic carbocycles. The van der Waals surface area contributed by atoms with Crippen LogP contribution in [0.1, 0.15) is 36.2 Å². The van der Waals surface area contributed by atoms with Gasteiger partial charge in [0.15, 0.2) is 0 Å². The van der Waals surface area contributed by atoms with Gasteiger partial charge in [0.1, 0.15) is 24.2 Å². The molecule has 212 valence electrons. The van der Waals surface area contributed by atoms with Crippen LogP contribution in [-0.4, -0.2) is 66.1 Å². The summed E-state index contributed by atoms with van der Waals surface area (Å²) in [6.07, 6.45) is -4.85. The molecule has 1 aromatic heterocycles. The van der Waals surface area contributed by atoms with Gasteiger partial charge < -0.3 is 20.1 Å². The third kappa shape index (κ3) is 6.15. The van der Waals surface area contributed by atoms with Gasteiger partial charge in [0.2, 0.25) is 0 Å². The quantitative estimate of drug-likeness (QED) is 0.197. The van der Waals surface area contributed by atoms with Crippen LogP contribution in [0.25, 0.3) is 10.9 Å². The Kier molecular flexibility index (Phi) is 9.03. The Morgan fingerprint density at radius 1 is 1.26 bits per heavy atom. The molecule has 0 bridgehead atoms. The average molecular weight is 574 g/mol. The number of nitrogens with one attached hydrogen (secondary N) is 2. The second-order valence-corrected chi connectivity index (χ2v) is 9.96. The van der Waals surface area contributed by atoms with Gasteiger partial charge in [-0.3, -0.25) is 14.1 Å². The van der Waals surface area contributed by atoms with Gasteiger partial charge in [-0.1, -0.05) is 36.7 Å². The Bertz CT molecular complexity index is 1320. The molecule has 0 radical (unpaired) electrons. The molecule has 12 heteroatoms. The third-order valence-electron chi connectivity index (χ3n) is 6.92. The van der Waals surface area contributed by atoms with Gasteiger partial charge in [0.05, 0.1) is 23.7 Å². The first kappa shape index (κ1) is 29.1. The molecular formula is C27H29ClF5N3O3. The van der Waals surface area contributed by atoms with Crippen LogP contribution in [0.4, 0.5) is 22.0 Å². The number of H-pyrrole nitrogens is 1. The first-order valence-corrected chi connectivity index (χ1v) is 12.9. The van der Waals surface area contributed by atoms with Crippen molar-refractivity contribution in [2.75, 3.05) is 32.9 Å². The lowest BCUT2D eigenvalue weighted by atomic mass is 9.86. The number of carboxylic acids is 1. The van der Waals surface area contributed by atoms with Gasteiger partial charge in [-0.25, -0.2) is 4.39 Å². The number of alkyl halides is 4. The van der Waals surface area contributed by atoms with Crippen molar-refractivity contribution in [2.45, 2.75) is 38.0 Å². The number of carbonyl (C=O) groups is 1. The number of fused-ring (bicyclic) bond motifs is 3. The number of aromatic amines is 1. The normalized spacial score (nSPS) is 18.7. The zero-order valence-corrected chi connectivity index (χ0v) is 21.9. The number of ether oxygens (including phenoxy) is 1. The predicted molar refractivity (Wildman–Crippen MR) is 138 cm³/mol. The van der Waals surface area contributed by atoms with Crippen LogP contribution < -0.4 is 10.1 Å². The number of carboxylic acid groups (broad SMARTS) is 1. The molecule has 4 rings (SSSR count). The zero-order chi connectivity index (χ0) is 28.3. The van der Waals surface area contributed by atoms with Gasteiger partial charge in [-0.05, 0) is 43.1 Å². The van der Waals surface area contributed by atoms with E-state index < -0.39 is 55.6 Å². The second kappa shape index (κ2) is 12.1. The first-order chi connectivity index (χ1) is 18.5. The van der Waals surface area contributed by atoms with Crippen LogP contribution in [0.15, 0.2) is 36.4 Å². The summed E-state index contributed by atoms with van der Waals surface area (Å²) in [5, 5.41) is 12.9. The van der Waals surface area contributed by atoms with Crippen molar-refractivity contribution in [3.8, 4) is 5.75 Å². The minimum Gasteiger partial charge on any atom is -0.491 e. The van der Waals surface area contributed by atoms with Crippen LogP contribution in [0.3, 0.4) is 0 Å². The van der Waals surface area contributed by atoms with Crippen LogP contribution >= 0.6 is 11.6 Å². The average Bonchev–Trinajstić information content (AvgIpc) is 3.25. The largest absolute Gasteiger partial charge is 0.491 e. The monoisotopic (exact) mass is 573 g/mol. The zero-order valence-electron chi connectivity index (χ0n) is 21.1. The Morgan fingerprint density at radius 3 is 2.69 bits per heavy atom. The number of aromatic nitrogens is 1. The number of para-hydroxylation sites is 1. The molecule has 1 unspecified atom stereocenters. The van der Waals surface area contributed by atoms with Crippen molar-refractivity contribution < 1.29 is 36.6 Å². The molecule has 0 saturated heterocycles. The molecule has 1 aliphatic heterocycles. The van der Waals surface area contributed by atoms with E-state index in [1.54, 1.807) is 24.3 Å². The third-order valence-corrected chi connectivity index (χ3v) is 7.31. The molecule has 0 spiro atoms. The smallest absolute Gasteiger partial charge is 0.404 e. The van der Waals surface area contributed by atoms with Crippen molar-refractivity contribution in [3.63, 3.8) is 0 Å². The van der Waals surface area contributed by atoms with E-state index in [1.807, 2.05) is 0 Å². The van der Waals surface area contributed by atoms with Crippen molar-refractivity contribution in [1.82, 2.24) is 15.2 Å². The summed E-state index contributed by atoms with van der Waals surface area (Å²) in [6, 6.07) is 5.76. The number of nitrogens with zero attached hydrogens (tertiary/aromatic N) is 1. The number of rotatable bonds is 11. The molecule has 3 aromatic rings. The summed E-state index contributed by atoms with van der Waals surface area (Å²) < 4.78 is 77.1. The number of aliphatic carboxylic acids is 1. The number of hydrogen-bond acceptors (Lipinski definition) is 4. The standard InChI is InChI=1S/C27H29ClF5N3O3/c1-15(26(37)38)14-36-21(27(31,32)33)13-17-16-5-2-3-6-19(16)35-24(17)25(36)22-18(30)7-8-20(23(22)28)39-12-11-34-10-4-9-29/h2-3,5-8,15,21,25,34-35H,4,9-14H2,1H3,(H,37,38)/t15?,21-,25+/m0/s1. The van der Waals surface area contributed by atoms with Crippen LogP contribution in [-0.2, 0) is 11.2 Å². The lowest BCUT2D eigenvalue weighted by Gasteiger charge is -2.44. The summed E-state index contributed by atoms with van der Waals surface area (Å²) in [7, 11) is 0. The molecule has 0 fully saturated rings. The Labute approximate surface area is 227 Å². The van der Waals surface area contributed by atoms with E-state index in [4.69, 9.17) is 16.3 Å². The minimum absolute atomic E-state index is 0.0679. The maximum absolute atomic E-state index is 15.6. The predicted octanol–water partition coefficient (Wildman–Crippen LogP) is 5.89. The molecule has 0 aliphatic carbocycles. The van der Waals surface area contributed by atoms with Gasteiger partial charge in [-0.2, -0.15) is 13.2 Å². The Hall–Kier alpha value is -2.89. The lowest BCUT2D eigenvalue weighted by molar-refractivity contribution is -0.193. The Balaban J connectivity index is 1.83. The molecule has 1 aliphatic rings. The maximum atomic E-state index is 15.6. The minimum atomic E-state index is -4.74. The molecule has 6 nitrogen and oxygen atoms in total. The van der Waals surface area contributed by atoms with Gasteiger partial charge in [0.25, 0.3) is 0 Å². The highest BCUT2D eigenvalue weighted by atomic mass is 35.5. The van der Waals surface area contributed by atoms with Gasteiger partial charge in [0, 0.05) is 35.2 Å². The van der Waals surface area contributed by atoms with Gasteiger partial charge in [-0.15, -0.1) is 0 Å². The lowest BCUT2D eigenvalue weighted by Crippen LogP contribution is -2.54. The van der Waals surface area contributed by atoms with Gasteiger partial charge >= 0.3 is 12.1 Å². The molecule has 0 amide bonds. The van der Waals surface area contributed by atoms with Crippen LogP contribution in [0.5, 0.6) is 5.75 Å². The van der Waals surface area contributed by atoms with E-state index in [0.29, 0.717) is 41.7 Å². The molecule has 3 N–H and O–H groups in total. The summed E-state index contributed by atoms with van der Waals surface area (Å²) in [5.74, 6) is -3.24.